The molecular formula is C31H40HfO2. The predicted octanol–water partition coefficient (Wildman–Crippen LogP) is 7.33. The van der Waals surface area contributed by atoms with Crippen LogP contribution in [0.15, 0.2) is 90.6 Å². The minimum absolute atomic E-state index is 0.167. The molecule has 0 fully saturated rings. The number of aliphatic hydroxyl groups is 2. The Labute approximate surface area is 214 Å². The third-order valence-electron chi connectivity index (χ3n) is 5.49. The van der Waals surface area contributed by atoms with Crippen molar-refractivity contribution in [2.75, 3.05) is 0 Å². The van der Waals surface area contributed by atoms with Gasteiger partial charge in [0.1, 0.15) is 0 Å². The Kier molecular flexibility index (Phi) is 11.5. The third-order valence-corrected chi connectivity index (χ3v) is 13.4. The SMILES string of the molecule is CC(C)O.CC(C)O.[CH2]=[Hf]([C]1=CC(C)=C(c2ccccc2)C1)[C]1=CC(C)=C(c2ccccc2)C1. The van der Waals surface area contributed by atoms with Gasteiger partial charge >= 0.3 is 165 Å². The number of aliphatic hydroxyl groups excluding tert-OH is 2. The summed E-state index contributed by atoms with van der Waals surface area (Å²) in [6, 6.07) is 21.7. The Hall–Kier alpha value is -1.94. The Morgan fingerprint density at radius 3 is 1.24 bits per heavy atom. The van der Waals surface area contributed by atoms with Gasteiger partial charge in [-0.3, -0.25) is 0 Å². The zero-order valence-electron chi connectivity index (χ0n) is 21.6. The first-order valence-electron chi connectivity index (χ1n) is 12.1. The fourth-order valence-corrected chi connectivity index (χ4v) is 11.1. The van der Waals surface area contributed by atoms with Gasteiger partial charge in [-0.05, 0) is 27.7 Å². The van der Waals surface area contributed by atoms with Crippen LogP contribution in [0.3, 0.4) is 0 Å². The summed E-state index contributed by atoms with van der Waals surface area (Å²) in [5, 5.41) is 16.1. The number of hydrogen-bond donors (Lipinski definition) is 2. The molecule has 3 heteroatoms. The van der Waals surface area contributed by atoms with E-state index in [0.717, 1.165) is 12.8 Å². The van der Waals surface area contributed by atoms with Crippen molar-refractivity contribution in [2.45, 2.75) is 66.6 Å². The van der Waals surface area contributed by atoms with Crippen LogP contribution in [-0.2, 0) is 21.0 Å². The van der Waals surface area contributed by atoms with Crippen LogP contribution in [-0.4, -0.2) is 26.7 Å². The minimum atomic E-state index is -2.16. The Balaban J connectivity index is 0.000000446. The molecule has 0 radical (unpaired) electrons. The second kappa shape index (κ2) is 13.8. The molecule has 0 bridgehead atoms. The fourth-order valence-electron chi connectivity index (χ4n) is 3.99. The van der Waals surface area contributed by atoms with Gasteiger partial charge in [-0.15, -0.1) is 0 Å². The summed E-state index contributed by atoms with van der Waals surface area (Å²) in [4.78, 5) is 0. The maximum absolute atomic E-state index is 8.06. The molecule has 0 aromatic heterocycles. The molecule has 0 amide bonds. The summed E-state index contributed by atoms with van der Waals surface area (Å²) in [5.41, 5.74) is 8.61. The van der Waals surface area contributed by atoms with Crippen LogP contribution < -0.4 is 0 Å². The standard InChI is InChI=1S/2C12H11.2C3H8O.CH2.Hf/c2*1-10-6-5-9-12(10)11-7-3-2-4-8-11;2*1-3(2)4;;/h2*2-4,6-8H,9H2,1H3;2*3-4H,1-2H3;1H2;. The molecule has 2 aromatic rings. The number of hydrogen-bond acceptors (Lipinski definition) is 2. The molecule has 0 saturated heterocycles. The summed E-state index contributed by atoms with van der Waals surface area (Å²) in [5.74, 6) is 0. The van der Waals surface area contributed by atoms with Crippen LogP contribution >= 0.6 is 0 Å². The van der Waals surface area contributed by atoms with Crippen LogP contribution in [0.2, 0.25) is 0 Å². The van der Waals surface area contributed by atoms with Gasteiger partial charge in [0.25, 0.3) is 0 Å². The van der Waals surface area contributed by atoms with Crippen molar-refractivity contribution in [1.82, 2.24) is 0 Å². The van der Waals surface area contributed by atoms with Gasteiger partial charge in [0.2, 0.25) is 0 Å². The summed E-state index contributed by atoms with van der Waals surface area (Å²) >= 11 is -2.16. The van der Waals surface area contributed by atoms with E-state index in [-0.39, 0.29) is 12.2 Å². The van der Waals surface area contributed by atoms with Crippen LogP contribution in [0.4, 0.5) is 0 Å². The molecule has 0 heterocycles. The Bertz CT molecular complexity index is 992. The van der Waals surface area contributed by atoms with E-state index in [0.29, 0.717) is 0 Å². The second-order valence-corrected chi connectivity index (χ2v) is 17.5. The molecule has 4 rings (SSSR count). The number of rotatable bonds is 4. The molecule has 0 saturated carbocycles. The van der Waals surface area contributed by atoms with E-state index in [2.05, 4.69) is 86.7 Å². The molecule has 2 aliphatic rings. The molecule has 2 nitrogen and oxygen atoms in total. The molecular weight excluding hydrogens is 583 g/mol. The summed E-state index contributed by atoms with van der Waals surface area (Å²) < 4.78 is 8.06. The van der Waals surface area contributed by atoms with Gasteiger partial charge in [0.05, 0.1) is 0 Å². The van der Waals surface area contributed by atoms with E-state index in [9.17, 15) is 0 Å². The maximum atomic E-state index is 8.06. The summed E-state index contributed by atoms with van der Waals surface area (Å²) in [6.45, 7) is 11.4. The van der Waals surface area contributed by atoms with E-state index >= 15 is 0 Å². The van der Waals surface area contributed by atoms with Gasteiger partial charge in [0.15, 0.2) is 0 Å². The number of allylic oxidation sites excluding steroid dienone is 8. The summed E-state index contributed by atoms with van der Waals surface area (Å²) in [7, 11) is 0. The second-order valence-electron chi connectivity index (χ2n) is 9.41. The predicted molar refractivity (Wildman–Crippen MR) is 145 cm³/mol. The van der Waals surface area contributed by atoms with Gasteiger partial charge < -0.3 is 10.2 Å². The zero-order chi connectivity index (χ0) is 25.3. The van der Waals surface area contributed by atoms with E-state index in [4.69, 9.17) is 14.5 Å². The molecule has 2 aromatic carbocycles. The van der Waals surface area contributed by atoms with Crippen molar-refractivity contribution in [3.05, 3.63) is 102 Å². The van der Waals surface area contributed by atoms with Crippen LogP contribution in [0.25, 0.3) is 11.1 Å². The quantitative estimate of drug-likeness (QED) is 0.351. The monoisotopic (exact) mass is 624 g/mol. The van der Waals surface area contributed by atoms with Crippen molar-refractivity contribution in [2.24, 2.45) is 0 Å². The number of benzene rings is 2. The van der Waals surface area contributed by atoms with E-state index in [1.807, 2.05) is 0 Å². The van der Waals surface area contributed by atoms with Crippen molar-refractivity contribution in [3.8, 4) is 0 Å². The van der Waals surface area contributed by atoms with Crippen molar-refractivity contribution < 1.29 is 31.2 Å². The molecule has 2 N–H and O–H groups in total. The topological polar surface area (TPSA) is 40.5 Å². The molecule has 34 heavy (non-hydrogen) atoms. The van der Waals surface area contributed by atoms with Crippen molar-refractivity contribution >= 4 is 15.4 Å². The molecule has 0 unspecified atom stereocenters. The van der Waals surface area contributed by atoms with Crippen LogP contribution in [0.5, 0.6) is 0 Å². The van der Waals surface area contributed by atoms with Crippen LogP contribution in [0.1, 0.15) is 65.5 Å². The Morgan fingerprint density at radius 1 is 0.647 bits per heavy atom. The average Bonchev–Trinajstić information content (AvgIpc) is 3.36. The van der Waals surface area contributed by atoms with Crippen LogP contribution in [0, 0.1) is 0 Å². The normalized spacial score (nSPS) is 15.0. The first-order chi connectivity index (χ1) is 16.1. The van der Waals surface area contributed by atoms with Gasteiger partial charge in [-0.2, -0.15) is 0 Å². The first kappa shape index (κ1) is 28.3. The zero-order valence-corrected chi connectivity index (χ0v) is 25.2. The van der Waals surface area contributed by atoms with Crippen molar-refractivity contribution in [3.63, 3.8) is 0 Å². The molecule has 0 atom stereocenters. The third kappa shape index (κ3) is 8.69. The van der Waals surface area contributed by atoms with E-state index in [1.54, 1.807) is 34.4 Å². The van der Waals surface area contributed by atoms with E-state index in [1.165, 1.54) is 33.4 Å². The Morgan fingerprint density at radius 2 is 0.941 bits per heavy atom. The van der Waals surface area contributed by atoms with Gasteiger partial charge in [0, 0.05) is 12.2 Å². The first-order valence-corrected chi connectivity index (χ1v) is 18.2. The fraction of sp³-hybridized carbons (Fsp3) is 0.323. The van der Waals surface area contributed by atoms with Gasteiger partial charge in [-0.25, -0.2) is 0 Å². The van der Waals surface area contributed by atoms with Gasteiger partial charge in [-0.1, -0.05) is 0 Å². The molecule has 2 aliphatic carbocycles. The van der Waals surface area contributed by atoms with Crippen molar-refractivity contribution in [1.29, 1.82) is 0 Å². The molecule has 180 valence electrons. The molecule has 0 aliphatic heterocycles. The molecule has 0 spiro atoms. The van der Waals surface area contributed by atoms with E-state index < -0.39 is 21.0 Å². The summed E-state index contributed by atoms with van der Waals surface area (Å²) in [6.07, 6.45) is 6.79. The average molecular weight is 623 g/mol.